The van der Waals surface area contributed by atoms with Gasteiger partial charge in [0.25, 0.3) is 0 Å². The highest BCUT2D eigenvalue weighted by Gasteiger charge is 2.33. The van der Waals surface area contributed by atoms with Crippen molar-refractivity contribution in [2.75, 3.05) is 0 Å². The summed E-state index contributed by atoms with van der Waals surface area (Å²) < 4.78 is 38.8. The van der Waals surface area contributed by atoms with Crippen LogP contribution >= 0.6 is 0 Å². The van der Waals surface area contributed by atoms with Crippen LogP contribution in [0.5, 0.6) is 0 Å². The first-order valence-electron chi connectivity index (χ1n) is 5.80. The van der Waals surface area contributed by atoms with Crippen LogP contribution in [0.3, 0.4) is 0 Å². The second-order valence-electron chi connectivity index (χ2n) is 4.80. The first-order valence-corrected chi connectivity index (χ1v) is 5.80. The van der Waals surface area contributed by atoms with Gasteiger partial charge in [-0.15, -0.1) is 0 Å². The fourth-order valence-corrected chi connectivity index (χ4v) is 1.76. The normalized spacial score (nSPS) is 12.4. The number of Topliss-reactive ketones (excluding diaryl/α,β-unsaturated/α-hetero) is 1. The van der Waals surface area contributed by atoms with Gasteiger partial charge in [-0.3, -0.25) is 4.79 Å². The van der Waals surface area contributed by atoms with Crippen molar-refractivity contribution in [2.24, 2.45) is 0 Å². The third kappa shape index (κ3) is 2.56. The Kier molecular flexibility index (Phi) is 3.37. The van der Waals surface area contributed by atoms with Gasteiger partial charge in [-0.1, -0.05) is 12.1 Å². The van der Waals surface area contributed by atoms with Crippen molar-refractivity contribution in [3.8, 4) is 0 Å². The van der Waals surface area contributed by atoms with Crippen molar-refractivity contribution < 1.29 is 18.0 Å². The van der Waals surface area contributed by atoms with Crippen molar-refractivity contribution in [1.82, 2.24) is 14.8 Å². The van der Waals surface area contributed by atoms with Crippen LogP contribution in [0.25, 0.3) is 0 Å². The Labute approximate surface area is 113 Å². The number of nitrogens with zero attached hydrogens (tertiary/aromatic N) is 3. The maximum atomic E-state index is 12.5. The predicted molar refractivity (Wildman–Crippen MR) is 65.1 cm³/mol. The van der Waals surface area contributed by atoms with E-state index in [1.165, 1.54) is 29.5 Å². The quantitative estimate of drug-likeness (QED) is 0.814. The summed E-state index contributed by atoms with van der Waals surface area (Å²) >= 11 is 0. The van der Waals surface area contributed by atoms with Crippen LogP contribution in [0.15, 0.2) is 36.9 Å². The van der Waals surface area contributed by atoms with Crippen molar-refractivity contribution in [2.45, 2.75) is 25.6 Å². The average Bonchev–Trinajstić information content (AvgIpc) is 2.91. The van der Waals surface area contributed by atoms with Gasteiger partial charge in [-0.05, 0) is 26.0 Å². The largest absolute Gasteiger partial charge is 0.416 e. The number of rotatable bonds is 3. The summed E-state index contributed by atoms with van der Waals surface area (Å²) in [6.07, 6.45) is -1.73. The van der Waals surface area contributed by atoms with E-state index in [-0.39, 0.29) is 11.3 Å². The molecule has 0 radical (unpaired) electrons. The lowest BCUT2D eigenvalue weighted by atomic mass is 9.93. The molecule has 0 aliphatic heterocycles. The highest BCUT2D eigenvalue weighted by atomic mass is 19.4. The van der Waals surface area contributed by atoms with Gasteiger partial charge in [0.15, 0.2) is 5.78 Å². The molecule has 1 heterocycles. The molecule has 0 fully saturated rings. The van der Waals surface area contributed by atoms with E-state index in [4.69, 9.17) is 0 Å². The molecule has 2 aromatic rings. The standard InChI is InChI=1S/C13H12F3N3O/c1-12(2,19-8-17-7-18-19)11(20)9-3-5-10(6-4-9)13(14,15)16/h3-8H,1-2H3. The molecular weight excluding hydrogens is 271 g/mol. The van der Waals surface area contributed by atoms with Gasteiger partial charge < -0.3 is 0 Å². The molecule has 0 N–H and O–H groups in total. The summed E-state index contributed by atoms with van der Waals surface area (Å²) in [6.45, 7) is 3.25. The fourth-order valence-electron chi connectivity index (χ4n) is 1.76. The molecule has 0 unspecified atom stereocenters. The van der Waals surface area contributed by atoms with Crippen LogP contribution in [0, 0.1) is 0 Å². The molecule has 20 heavy (non-hydrogen) atoms. The van der Waals surface area contributed by atoms with Gasteiger partial charge >= 0.3 is 6.18 Å². The molecule has 0 amide bonds. The number of carbonyl (C=O) groups is 1. The molecule has 0 spiro atoms. The van der Waals surface area contributed by atoms with Gasteiger partial charge in [-0.2, -0.15) is 18.3 Å². The smallest absolute Gasteiger partial charge is 0.291 e. The lowest BCUT2D eigenvalue weighted by Gasteiger charge is -2.23. The molecule has 0 aliphatic carbocycles. The van der Waals surface area contributed by atoms with Gasteiger partial charge in [0.05, 0.1) is 5.56 Å². The number of hydrogen-bond acceptors (Lipinski definition) is 3. The van der Waals surface area contributed by atoms with Crippen molar-refractivity contribution in [3.05, 3.63) is 48.0 Å². The van der Waals surface area contributed by atoms with E-state index in [1.54, 1.807) is 13.8 Å². The number of hydrogen-bond donors (Lipinski definition) is 0. The minimum atomic E-state index is -4.41. The van der Waals surface area contributed by atoms with Crippen LogP contribution < -0.4 is 0 Å². The first kappa shape index (κ1) is 14.2. The summed E-state index contributed by atoms with van der Waals surface area (Å²) in [5.74, 6) is -0.336. The molecule has 0 saturated carbocycles. The number of aromatic nitrogens is 3. The van der Waals surface area contributed by atoms with E-state index in [9.17, 15) is 18.0 Å². The Bertz CT molecular complexity index is 601. The lowest BCUT2D eigenvalue weighted by Crippen LogP contribution is -2.36. The molecular formula is C13H12F3N3O. The molecule has 106 valence electrons. The molecule has 7 heteroatoms. The Hall–Kier alpha value is -2.18. The van der Waals surface area contributed by atoms with E-state index in [1.807, 2.05) is 0 Å². The summed E-state index contributed by atoms with van der Waals surface area (Å²) in [5, 5.41) is 3.90. The third-order valence-corrected chi connectivity index (χ3v) is 3.02. The lowest BCUT2D eigenvalue weighted by molar-refractivity contribution is -0.137. The zero-order valence-corrected chi connectivity index (χ0v) is 10.8. The van der Waals surface area contributed by atoms with Crippen molar-refractivity contribution in [3.63, 3.8) is 0 Å². The van der Waals surface area contributed by atoms with Crippen molar-refractivity contribution in [1.29, 1.82) is 0 Å². The minimum absolute atomic E-state index is 0.193. The van der Waals surface area contributed by atoms with E-state index >= 15 is 0 Å². The summed E-state index contributed by atoms with van der Waals surface area (Å²) in [6, 6.07) is 4.13. The zero-order valence-electron chi connectivity index (χ0n) is 10.8. The summed E-state index contributed by atoms with van der Waals surface area (Å²) in [5.41, 5.74) is -1.61. The number of halogens is 3. The number of carbonyl (C=O) groups excluding carboxylic acids is 1. The molecule has 0 bridgehead atoms. The number of ketones is 1. The van der Waals surface area contributed by atoms with Crippen LogP contribution in [-0.2, 0) is 11.7 Å². The second kappa shape index (κ2) is 4.73. The third-order valence-electron chi connectivity index (χ3n) is 3.02. The van der Waals surface area contributed by atoms with E-state index in [0.717, 1.165) is 12.1 Å². The SMILES string of the molecule is CC(C)(C(=O)c1ccc(C(F)(F)F)cc1)n1cncn1. The van der Waals surface area contributed by atoms with Crippen LogP contribution in [-0.4, -0.2) is 20.5 Å². The van der Waals surface area contributed by atoms with Crippen LogP contribution in [0.4, 0.5) is 13.2 Å². The van der Waals surface area contributed by atoms with E-state index in [0.29, 0.717) is 0 Å². The molecule has 0 atom stereocenters. The fraction of sp³-hybridized carbons (Fsp3) is 0.308. The van der Waals surface area contributed by atoms with Gasteiger partial charge in [0, 0.05) is 5.56 Å². The highest BCUT2D eigenvalue weighted by Crippen LogP contribution is 2.30. The average molecular weight is 283 g/mol. The molecule has 1 aromatic carbocycles. The second-order valence-corrected chi connectivity index (χ2v) is 4.80. The Morgan fingerprint density at radius 2 is 1.75 bits per heavy atom. The monoisotopic (exact) mass is 283 g/mol. The van der Waals surface area contributed by atoms with E-state index < -0.39 is 17.3 Å². The predicted octanol–water partition coefficient (Wildman–Crippen LogP) is 2.91. The maximum absolute atomic E-state index is 12.5. The highest BCUT2D eigenvalue weighted by molar-refractivity contribution is 6.01. The number of alkyl halides is 3. The Balaban J connectivity index is 2.30. The molecule has 1 aromatic heterocycles. The Morgan fingerprint density at radius 3 is 2.20 bits per heavy atom. The van der Waals surface area contributed by atoms with Crippen molar-refractivity contribution >= 4 is 5.78 Å². The molecule has 0 saturated heterocycles. The Morgan fingerprint density at radius 1 is 1.15 bits per heavy atom. The van der Waals surface area contributed by atoms with Crippen LogP contribution in [0.2, 0.25) is 0 Å². The summed E-state index contributed by atoms with van der Waals surface area (Å²) in [7, 11) is 0. The zero-order chi connectivity index (χ0) is 15.0. The van der Waals surface area contributed by atoms with E-state index in [2.05, 4.69) is 10.1 Å². The molecule has 0 aliphatic rings. The first-order chi connectivity index (χ1) is 9.23. The molecule has 4 nitrogen and oxygen atoms in total. The van der Waals surface area contributed by atoms with Gasteiger partial charge in [0.2, 0.25) is 0 Å². The number of benzene rings is 1. The topological polar surface area (TPSA) is 47.8 Å². The maximum Gasteiger partial charge on any atom is 0.416 e. The minimum Gasteiger partial charge on any atom is -0.291 e. The van der Waals surface area contributed by atoms with Gasteiger partial charge in [-0.25, -0.2) is 9.67 Å². The van der Waals surface area contributed by atoms with Crippen LogP contribution in [0.1, 0.15) is 29.8 Å². The summed E-state index contributed by atoms with van der Waals surface area (Å²) in [4.78, 5) is 16.1. The van der Waals surface area contributed by atoms with Gasteiger partial charge in [0.1, 0.15) is 18.2 Å². The molecule has 2 rings (SSSR count).